The SMILES string of the molecule is Nc1cc(-c2nc(C3CCOC3)no2)ccc1Cl. The number of nitrogens with two attached hydrogens (primary N) is 1. The molecule has 2 heterocycles. The lowest BCUT2D eigenvalue weighted by atomic mass is 10.1. The molecule has 1 aromatic carbocycles. The number of ether oxygens (including phenoxy) is 1. The second-order valence-corrected chi connectivity index (χ2v) is 4.66. The van der Waals surface area contributed by atoms with Crippen molar-refractivity contribution < 1.29 is 9.26 Å². The van der Waals surface area contributed by atoms with Crippen LogP contribution in [0.25, 0.3) is 11.5 Å². The van der Waals surface area contributed by atoms with E-state index in [0.29, 0.717) is 29.0 Å². The van der Waals surface area contributed by atoms with Gasteiger partial charge in [0.25, 0.3) is 5.89 Å². The minimum absolute atomic E-state index is 0.229. The van der Waals surface area contributed by atoms with Crippen LogP contribution in [-0.2, 0) is 4.74 Å². The van der Waals surface area contributed by atoms with E-state index in [-0.39, 0.29) is 5.92 Å². The van der Waals surface area contributed by atoms with Crippen LogP contribution < -0.4 is 5.73 Å². The molecule has 2 N–H and O–H groups in total. The minimum atomic E-state index is 0.229. The highest BCUT2D eigenvalue weighted by atomic mass is 35.5. The minimum Gasteiger partial charge on any atom is -0.398 e. The van der Waals surface area contributed by atoms with Crippen molar-refractivity contribution >= 4 is 17.3 Å². The van der Waals surface area contributed by atoms with Crippen LogP contribution >= 0.6 is 11.6 Å². The molecule has 0 radical (unpaired) electrons. The molecule has 3 rings (SSSR count). The van der Waals surface area contributed by atoms with Gasteiger partial charge in [-0.25, -0.2) is 0 Å². The first-order valence-electron chi connectivity index (χ1n) is 5.71. The van der Waals surface area contributed by atoms with E-state index < -0.39 is 0 Å². The summed E-state index contributed by atoms with van der Waals surface area (Å²) in [5, 5.41) is 4.50. The summed E-state index contributed by atoms with van der Waals surface area (Å²) in [6, 6.07) is 5.25. The largest absolute Gasteiger partial charge is 0.398 e. The van der Waals surface area contributed by atoms with Crippen LogP contribution in [0, 0.1) is 0 Å². The summed E-state index contributed by atoms with van der Waals surface area (Å²) >= 11 is 5.87. The van der Waals surface area contributed by atoms with Gasteiger partial charge in [-0.2, -0.15) is 4.98 Å². The smallest absolute Gasteiger partial charge is 0.258 e. The monoisotopic (exact) mass is 265 g/mol. The maximum Gasteiger partial charge on any atom is 0.258 e. The van der Waals surface area contributed by atoms with Crippen molar-refractivity contribution in [2.75, 3.05) is 18.9 Å². The fourth-order valence-electron chi connectivity index (χ4n) is 1.93. The molecule has 1 aliphatic rings. The number of rotatable bonds is 2. The number of aromatic nitrogens is 2. The van der Waals surface area contributed by atoms with Gasteiger partial charge in [-0.3, -0.25) is 0 Å². The number of nitrogen functional groups attached to an aromatic ring is 1. The third-order valence-corrected chi connectivity index (χ3v) is 3.32. The summed E-state index contributed by atoms with van der Waals surface area (Å²) in [5.74, 6) is 1.38. The molecule has 1 unspecified atom stereocenters. The topological polar surface area (TPSA) is 74.2 Å². The maximum absolute atomic E-state index is 5.87. The average molecular weight is 266 g/mol. The summed E-state index contributed by atoms with van der Waals surface area (Å²) in [6.45, 7) is 1.41. The lowest BCUT2D eigenvalue weighted by molar-refractivity contribution is 0.192. The Balaban J connectivity index is 1.89. The molecule has 1 aliphatic heterocycles. The third kappa shape index (κ3) is 2.07. The number of hydrogen-bond acceptors (Lipinski definition) is 5. The number of anilines is 1. The average Bonchev–Trinajstić information content (AvgIpc) is 3.01. The van der Waals surface area contributed by atoms with Crippen LogP contribution in [0.1, 0.15) is 18.2 Å². The Morgan fingerprint density at radius 1 is 1.39 bits per heavy atom. The van der Waals surface area contributed by atoms with E-state index in [1.165, 1.54) is 0 Å². The summed E-state index contributed by atoms with van der Waals surface area (Å²) in [7, 11) is 0. The van der Waals surface area contributed by atoms with Crippen LogP contribution in [0.3, 0.4) is 0 Å². The molecule has 94 valence electrons. The molecule has 0 amide bonds. The van der Waals surface area contributed by atoms with Gasteiger partial charge in [-0.05, 0) is 24.6 Å². The third-order valence-electron chi connectivity index (χ3n) is 2.98. The van der Waals surface area contributed by atoms with Gasteiger partial charge in [0.2, 0.25) is 0 Å². The van der Waals surface area contributed by atoms with Crippen LogP contribution in [0.4, 0.5) is 5.69 Å². The number of hydrogen-bond donors (Lipinski definition) is 1. The van der Waals surface area contributed by atoms with Crippen LogP contribution in [-0.4, -0.2) is 23.4 Å². The molecule has 0 aliphatic carbocycles. The molecule has 1 aromatic heterocycles. The molecular formula is C12H12ClN3O2. The summed E-state index contributed by atoms with van der Waals surface area (Å²) in [6.07, 6.45) is 0.932. The van der Waals surface area contributed by atoms with Crippen molar-refractivity contribution in [3.05, 3.63) is 29.0 Å². The molecular weight excluding hydrogens is 254 g/mol. The van der Waals surface area contributed by atoms with Gasteiger partial charge >= 0.3 is 0 Å². The number of halogens is 1. The van der Waals surface area contributed by atoms with E-state index in [2.05, 4.69) is 10.1 Å². The molecule has 1 atom stereocenters. The fraction of sp³-hybridized carbons (Fsp3) is 0.333. The molecule has 5 nitrogen and oxygen atoms in total. The van der Waals surface area contributed by atoms with Crippen molar-refractivity contribution in [3.63, 3.8) is 0 Å². The van der Waals surface area contributed by atoms with E-state index in [4.69, 9.17) is 26.6 Å². The first kappa shape index (κ1) is 11.5. The zero-order valence-corrected chi connectivity index (χ0v) is 10.4. The lowest BCUT2D eigenvalue weighted by Crippen LogP contribution is -1.99. The Bertz CT molecular complexity index is 564. The van der Waals surface area contributed by atoms with Crippen LogP contribution in [0.5, 0.6) is 0 Å². The van der Waals surface area contributed by atoms with E-state index in [1.807, 2.05) is 0 Å². The molecule has 1 saturated heterocycles. The van der Waals surface area contributed by atoms with E-state index in [0.717, 1.165) is 18.6 Å². The van der Waals surface area contributed by atoms with Crippen molar-refractivity contribution in [3.8, 4) is 11.5 Å². The standard InChI is InChI=1S/C12H12ClN3O2/c13-9-2-1-7(5-10(9)14)12-15-11(16-18-12)8-3-4-17-6-8/h1-2,5,8H,3-4,6,14H2. The molecule has 0 spiro atoms. The first-order chi connectivity index (χ1) is 8.74. The summed E-state index contributed by atoms with van der Waals surface area (Å²) < 4.78 is 10.5. The van der Waals surface area contributed by atoms with Gasteiger partial charge in [-0.15, -0.1) is 0 Å². The Kier molecular flexibility index (Phi) is 2.93. The van der Waals surface area contributed by atoms with Crippen molar-refractivity contribution in [2.45, 2.75) is 12.3 Å². The van der Waals surface area contributed by atoms with Crippen LogP contribution in [0.15, 0.2) is 22.7 Å². The van der Waals surface area contributed by atoms with Crippen molar-refractivity contribution in [1.82, 2.24) is 10.1 Å². The number of nitrogens with zero attached hydrogens (tertiary/aromatic N) is 2. The Hall–Kier alpha value is -1.59. The maximum atomic E-state index is 5.87. The normalized spacial score (nSPS) is 19.3. The predicted octanol–water partition coefficient (Wildman–Crippen LogP) is 2.48. The van der Waals surface area contributed by atoms with Gasteiger partial charge < -0.3 is 15.0 Å². The van der Waals surface area contributed by atoms with Gasteiger partial charge in [0, 0.05) is 18.1 Å². The summed E-state index contributed by atoms with van der Waals surface area (Å²) in [5.41, 5.74) is 7.02. The molecule has 2 aromatic rings. The van der Waals surface area contributed by atoms with Gasteiger partial charge in [0.15, 0.2) is 5.82 Å². The molecule has 0 bridgehead atoms. The lowest BCUT2D eigenvalue weighted by Gasteiger charge is -1.99. The fourth-order valence-corrected chi connectivity index (χ4v) is 2.05. The van der Waals surface area contributed by atoms with E-state index in [9.17, 15) is 0 Å². The highest BCUT2D eigenvalue weighted by Gasteiger charge is 2.23. The molecule has 1 fully saturated rings. The predicted molar refractivity (Wildman–Crippen MR) is 67.3 cm³/mol. The van der Waals surface area contributed by atoms with E-state index >= 15 is 0 Å². The van der Waals surface area contributed by atoms with E-state index in [1.54, 1.807) is 18.2 Å². The van der Waals surface area contributed by atoms with Gasteiger partial charge in [0.1, 0.15) is 0 Å². The van der Waals surface area contributed by atoms with Crippen LogP contribution in [0.2, 0.25) is 5.02 Å². The zero-order valence-electron chi connectivity index (χ0n) is 9.60. The zero-order chi connectivity index (χ0) is 12.5. The van der Waals surface area contributed by atoms with Crippen molar-refractivity contribution in [1.29, 1.82) is 0 Å². The Morgan fingerprint density at radius 3 is 3.00 bits per heavy atom. The summed E-state index contributed by atoms with van der Waals surface area (Å²) in [4.78, 5) is 4.38. The van der Waals surface area contributed by atoms with Crippen molar-refractivity contribution in [2.24, 2.45) is 0 Å². The Morgan fingerprint density at radius 2 is 2.28 bits per heavy atom. The molecule has 0 saturated carbocycles. The molecule has 6 heteroatoms. The second-order valence-electron chi connectivity index (χ2n) is 4.25. The molecule has 18 heavy (non-hydrogen) atoms. The van der Waals surface area contributed by atoms with Gasteiger partial charge in [0.05, 0.1) is 17.3 Å². The first-order valence-corrected chi connectivity index (χ1v) is 6.08. The Labute approximate surface area is 109 Å². The highest BCUT2D eigenvalue weighted by molar-refractivity contribution is 6.33. The second kappa shape index (κ2) is 4.59. The van der Waals surface area contributed by atoms with Gasteiger partial charge in [-0.1, -0.05) is 16.8 Å². The highest BCUT2D eigenvalue weighted by Crippen LogP contribution is 2.28. The quantitative estimate of drug-likeness (QED) is 0.845. The number of benzene rings is 1.